The first-order valence-corrected chi connectivity index (χ1v) is 6.58. The van der Waals surface area contributed by atoms with Crippen molar-refractivity contribution in [2.24, 2.45) is 5.92 Å². The van der Waals surface area contributed by atoms with Gasteiger partial charge in [0.05, 0.1) is 5.52 Å². The van der Waals surface area contributed by atoms with Crippen molar-refractivity contribution in [3.05, 3.63) is 28.5 Å². The van der Waals surface area contributed by atoms with E-state index in [4.69, 9.17) is 12.2 Å². The zero-order chi connectivity index (χ0) is 12.9. The van der Waals surface area contributed by atoms with Crippen LogP contribution >= 0.6 is 12.2 Å². The molecular formula is C13H14F2N2S. The van der Waals surface area contributed by atoms with Gasteiger partial charge in [-0.25, -0.2) is 8.78 Å². The molecule has 1 N–H and O–H groups in total. The number of hydrogen-bond acceptors (Lipinski definition) is 1. The molecule has 96 valence electrons. The summed E-state index contributed by atoms with van der Waals surface area (Å²) in [7, 11) is 0. The summed E-state index contributed by atoms with van der Waals surface area (Å²) < 4.78 is 29.6. The fraction of sp³-hybridized carbons (Fsp3) is 0.462. The van der Waals surface area contributed by atoms with Crippen LogP contribution in [0, 0.1) is 22.3 Å². The van der Waals surface area contributed by atoms with E-state index >= 15 is 0 Å². The quantitative estimate of drug-likeness (QED) is 0.763. The smallest absolute Gasteiger partial charge is 0.184 e. The summed E-state index contributed by atoms with van der Waals surface area (Å²) >= 11 is 5.26. The second kappa shape index (κ2) is 4.16. The van der Waals surface area contributed by atoms with Gasteiger partial charge in [0.25, 0.3) is 0 Å². The minimum Gasteiger partial charge on any atom is -0.330 e. The normalized spacial score (nSPS) is 23.9. The Kier molecular flexibility index (Phi) is 2.73. The molecule has 0 spiro atoms. The van der Waals surface area contributed by atoms with E-state index in [2.05, 4.69) is 11.9 Å². The summed E-state index contributed by atoms with van der Waals surface area (Å²) in [5, 5.41) is 0. The second-order valence-electron chi connectivity index (χ2n) is 5.03. The number of H-pyrrole nitrogens is 1. The third kappa shape index (κ3) is 1.61. The Hall–Kier alpha value is -1.23. The average molecular weight is 268 g/mol. The number of nitrogens with zero attached hydrogens (tertiary/aromatic N) is 1. The van der Waals surface area contributed by atoms with E-state index in [-0.39, 0.29) is 11.6 Å². The molecule has 2 atom stereocenters. The van der Waals surface area contributed by atoms with Gasteiger partial charge in [-0.2, -0.15) is 0 Å². The van der Waals surface area contributed by atoms with Gasteiger partial charge < -0.3 is 9.55 Å². The maximum Gasteiger partial charge on any atom is 0.184 e. The standard InChI is InChI=1S/C13H14F2N2S/c1-7-3-2-4-10(7)17-12-9(16-13(17)18)6-5-8(14)11(12)15/h5-7,10H,2-4H2,1H3,(H,16,18). The molecule has 0 amide bonds. The van der Waals surface area contributed by atoms with Crippen LogP contribution in [0.15, 0.2) is 12.1 Å². The lowest BCUT2D eigenvalue weighted by atomic mass is 10.1. The van der Waals surface area contributed by atoms with Crippen LogP contribution in [-0.4, -0.2) is 9.55 Å². The van der Waals surface area contributed by atoms with Crippen LogP contribution in [0.2, 0.25) is 0 Å². The van der Waals surface area contributed by atoms with Gasteiger partial charge in [-0.1, -0.05) is 13.3 Å². The number of rotatable bonds is 1. The minimum atomic E-state index is -0.823. The Morgan fingerprint density at radius 2 is 2.11 bits per heavy atom. The third-order valence-electron chi connectivity index (χ3n) is 3.92. The maximum atomic E-state index is 14.0. The molecule has 1 heterocycles. The van der Waals surface area contributed by atoms with Crippen LogP contribution < -0.4 is 0 Å². The van der Waals surface area contributed by atoms with Crippen molar-refractivity contribution in [1.29, 1.82) is 0 Å². The molecule has 0 bridgehead atoms. The lowest BCUT2D eigenvalue weighted by Crippen LogP contribution is -2.12. The van der Waals surface area contributed by atoms with Gasteiger partial charge in [-0.3, -0.25) is 0 Å². The summed E-state index contributed by atoms with van der Waals surface area (Å²) in [6, 6.07) is 2.84. The molecular weight excluding hydrogens is 254 g/mol. The molecule has 1 aliphatic rings. The summed E-state index contributed by atoms with van der Waals surface area (Å²) in [6.45, 7) is 2.13. The molecule has 1 aliphatic carbocycles. The number of halogens is 2. The highest BCUT2D eigenvalue weighted by Gasteiger charge is 2.28. The number of aromatic nitrogens is 2. The van der Waals surface area contributed by atoms with Crippen LogP contribution in [-0.2, 0) is 0 Å². The van der Waals surface area contributed by atoms with Gasteiger partial charge >= 0.3 is 0 Å². The Balaban J connectivity index is 2.31. The number of benzene rings is 1. The van der Waals surface area contributed by atoms with Gasteiger partial charge in [0, 0.05) is 6.04 Å². The second-order valence-corrected chi connectivity index (χ2v) is 5.42. The molecule has 0 radical (unpaired) electrons. The van der Waals surface area contributed by atoms with Gasteiger partial charge in [0.2, 0.25) is 0 Å². The SMILES string of the molecule is CC1CCCC1n1c(=S)[nH]c2ccc(F)c(F)c21. The summed E-state index contributed by atoms with van der Waals surface area (Å²) in [4.78, 5) is 2.96. The molecule has 2 aromatic rings. The van der Waals surface area contributed by atoms with E-state index < -0.39 is 11.6 Å². The van der Waals surface area contributed by atoms with Gasteiger partial charge in [0.15, 0.2) is 16.4 Å². The molecule has 1 aromatic carbocycles. The van der Waals surface area contributed by atoms with E-state index in [1.54, 1.807) is 10.6 Å². The first-order chi connectivity index (χ1) is 8.59. The summed E-state index contributed by atoms with van der Waals surface area (Å²) in [6.07, 6.45) is 3.19. The van der Waals surface area contributed by atoms with Crippen LogP contribution in [0.3, 0.4) is 0 Å². The van der Waals surface area contributed by atoms with Gasteiger partial charge in [-0.15, -0.1) is 0 Å². The molecule has 18 heavy (non-hydrogen) atoms. The van der Waals surface area contributed by atoms with E-state index in [0.717, 1.165) is 25.3 Å². The Morgan fingerprint density at radius 1 is 1.33 bits per heavy atom. The average Bonchev–Trinajstić information content (AvgIpc) is 2.87. The van der Waals surface area contributed by atoms with Crippen molar-refractivity contribution in [3.63, 3.8) is 0 Å². The largest absolute Gasteiger partial charge is 0.330 e. The number of imidazole rings is 1. The van der Waals surface area contributed by atoms with Crippen molar-refractivity contribution in [2.75, 3.05) is 0 Å². The van der Waals surface area contributed by atoms with E-state index in [1.807, 2.05) is 0 Å². The predicted octanol–water partition coefficient (Wildman–Crippen LogP) is 4.34. The number of nitrogens with one attached hydrogen (secondary N) is 1. The number of fused-ring (bicyclic) bond motifs is 1. The van der Waals surface area contributed by atoms with Crippen LogP contribution in [0.25, 0.3) is 11.0 Å². The summed E-state index contributed by atoms with van der Waals surface area (Å²) in [5.74, 6) is -1.19. The first kappa shape index (κ1) is 11.8. The highest BCUT2D eigenvalue weighted by atomic mass is 32.1. The van der Waals surface area contributed by atoms with Crippen LogP contribution in [0.4, 0.5) is 8.78 Å². The Labute approximate surface area is 109 Å². The highest BCUT2D eigenvalue weighted by Crippen LogP contribution is 2.38. The Bertz CT molecular complexity index is 659. The third-order valence-corrected chi connectivity index (χ3v) is 4.22. The lowest BCUT2D eigenvalue weighted by Gasteiger charge is -2.18. The van der Waals surface area contributed by atoms with Crippen LogP contribution in [0.5, 0.6) is 0 Å². The minimum absolute atomic E-state index is 0.169. The monoisotopic (exact) mass is 268 g/mol. The van der Waals surface area contributed by atoms with Crippen molar-refractivity contribution >= 4 is 23.3 Å². The van der Waals surface area contributed by atoms with Crippen molar-refractivity contribution in [1.82, 2.24) is 9.55 Å². The molecule has 5 heteroatoms. The molecule has 3 rings (SSSR count). The van der Waals surface area contributed by atoms with E-state index in [9.17, 15) is 8.78 Å². The van der Waals surface area contributed by atoms with Crippen molar-refractivity contribution < 1.29 is 8.78 Å². The fourth-order valence-electron chi connectivity index (χ4n) is 2.98. The van der Waals surface area contributed by atoms with E-state index in [1.165, 1.54) is 0 Å². The Morgan fingerprint density at radius 3 is 2.78 bits per heavy atom. The molecule has 0 aliphatic heterocycles. The predicted molar refractivity (Wildman–Crippen MR) is 69.1 cm³/mol. The van der Waals surface area contributed by atoms with Gasteiger partial charge in [0.1, 0.15) is 5.52 Å². The van der Waals surface area contributed by atoms with Gasteiger partial charge in [-0.05, 0) is 43.1 Å². The highest BCUT2D eigenvalue weighted by molar-refractivity contribution is 7.71. The molecule has 0 saturated heterocycles. The number of aromatic amines is 1. The molecule has 1 aromatic heterocycles. The molecule has 1 saturated carbocycles. The van der Waals surface area contributed by atoms with Crippen molar-refractivity contribution in [2.45, 2.75) is 32.2 Å². The van der Waals surface area contributed by atoms with Crippen molar-refractivity contribution in [3.8, 4) is 0 Å². The molecule has 1 fully saturated rings. The lowest BCUT2D eigenvalue weighted by molar-refractivity contribution is 0.407. The topological polar surface area (TPSA) is 20.7 Å². The first-order valence-electron chi connectivity index (χ1n) is 6.18. The molecule has 2 nitrogen and oxygen atoms in total. The maximum absolute atomic E-state index is 14.0. The fourth-order valence-corrected chi connectivity index (χ4v) is 3.32. The zero-order valence-electron chi connectivity index (χ0n) is 10.0. The number of hydrogen-bond donors (Lipinski definition) is 1. The van der Waals surface area contributed by atoms with Crippen LogP contribution in [0.1, 0.15) is 32.2 Å². The van der Waals surface area contributed by atoms with E-state index in [0.29, 0.717) is 16.2 Å². The summed E-state index contributed by atoms with van der Waals surface area (Å²) in [5.41, 5.74) is 0.844. The molecule has 2 unspecified atom stereocenters. The zero-order valence-corrected chi connectivity index (χ0v) is 10.9.